The highest BCUT2D eigenvalue weighted by molar-refractivity contribution is 5.69. The van der Waals surface area contributed by atoms with Crippen LogP contribution in [0.2, 0.25) is 0 Å². The molecule has 3 heterocycles. The monoisotopic (exact) mass is 488 g/mol. The maximum Gasteiger partial charge on any atom is 0.280 e. The fraction of sp³-hybridized carbons (Fsp3) is 0.240. The Hall–Kier alpha value is -4.67. The molecule has 0 spiro atoms. The van der Waals surface area contributed by atoms with E-state index in [-0.39, 0.29) is 5.89 Å². The Morgan fingerprint density at radius 1 is 0.833 bits per heavy atom. The number of hydrogen-bond donors (Lipinski definition) is 0. The first-order chi connectivity index (χ1) is 17.5. The number of rotatable bonds is 8. The van der Waals surface area contributed by atoms with E-state index in [9.17, 15) is 0 Å². The van der Waals surface area contributed by atoms with Crippen molar-refractivity contribution in [1.82, 2.24) is 30.1 Å². The fourth-order valence-corrected chi connectivity index (χ4v) is 3.85. The third-order valence-corrected chi connectivity index (χ3v) is 5.78. The molecule has 0 radical (unpaired) electrons. The van der Waals surface area contributed by atoms with Gasteiger partial charge in [-0.3, -0.25) is 0 Å². The number of oxazole rings is 1. The third-order valence-electron chi connectivity index (χ3n) is 5.78. The van der Waals surface area contributed by atoms with Gasteiger partial charge in [0.1, 0.15) is 17.2 Å². The van der Waals surface area contributed by atoms with Crippen molar-refractivity contribution in [3.8, 4) is 51.7 Å². The van der Waals surface area contributed by atoms with Gasteiger partial charge in [0.05, 0.1) is 44.7 Å². The Kier molecular flexibility index (Phi) is 6.11. The molecule has 5 aromatic rings. The molecule has 2 aromatic carbocycles. The summed E-state index contributed by atoms with van der Waals surface area (Å²) in [5, 5.41) is 12.7. The van der Waals surface area contributed by atoms with Crippen LogP contribution < -0.4 is 14.2 Å². The van der Waals surface area contributed by atoms with Gasteiger partial charge in [-0.15, -0.1) is 5.10 Å². The molecule has 0 saturated carbocycles. The first-order valence-corrected chi connectivity index (χ1v) is 11.1. The molecule has 0 atom stereocenters. The van der Waals surface area contributed by atoms with Crippen molar-refractivity contribution in [2.24, 2.45) is 0 Å². The molecule has 0 aliphatic heterocycles. The highest BCUT2D eigenvalue weighted by Gasteiger charge is 2.22. The van der Waals surface area contributed by atoms with Crippen LogP contribution in [0.4, 0.5) is 0 Å². The SMILES string of the molecule is COc1ccccc1-c1nc(Cn2nnc(-c3nc(-c4cccc(OC)c4OC)no3)c2C)c(C)o1. The summed E-state index contributed by atoms with van der Waals surface area (Å²) in [7, 11) is 4.74. The van der Waals surface area contributed by atoms with E-state index in [1.165, 1.54) is 0 Å². The van der Waals surface area contributed by atoms with Gasteiger partial charge in [-0.1, -0.05) is 28.6 Å². The lowest BCUT2D eigenvalue weighted by atomic mass is 10.1. The van der Waals surface area contributed by atoms with Gasteiger partial charge < -0.3 is 23.2 Å². The minimum atomic E-state index is 0.241. The molecule has 0 unspecified atom stereocenters. The predicted molar refractivity (Wildman–Crippen MR) is 129 cm³/mol. The topological polar surface area (TPSA) is 123 Å². The van der Waals surface area contributed by atoms with E-state index in [0.717, 1.165) is 17.0 Å². The Morgan fingerprint density at radius 2 is 1.58 bits per heavy atom. The second-order valence-corrected chi connectivity index (χ2v) is 7.87. The highest BCUT2D eigenvalue weighted by atomic mass is 16.5. The van der Waals surface area contributed by atoms with Crippen molar-refractivity contribution in [3.05, 3.63) is 59.6 Å². The lowest BCUT2D eigenvalue weighted by Crippen LogP contribution is -2.05. The van der Waals surface area contributed by atoms with Crippen LogP contribution in [0, 0.1) is 13.8 Å². The van der Waals surface area contributed by atoms with E-state index in [4.69, 9.17) is 23.2 Å². The molecule has 184 valence electrons. The van der Waals surface area contributed by atoms with Crippen LogP contribution >= 0.6 is 0 Å². The first-order valence-electron chi connectivity index (χ1n) is 11.1. The first kappa shape index (κ1) is 23.1. The van der Waals surface area contributed by atoms with Crippen LogP contribution in [0.25, 0.3) is 34.4 Å². The quantitative estimate of drug-likeness (QED) is 0.311. The summed E-state index contributed by atoms with van der Waals surface area (Å²) in [6, 6.07) is 13.0. The lowest BCUT2D eigenvalue weighted by molar-refractivity contribution is 0.355. The van der Waals surface area contributed by atoms with Gasteiger partial charge in [-0.2, -0.15) is 4.98 Å². The summed E-state index contributed by atoms with van der Waals surface area (Å²) < 4.78 is 29.4. The second-order valence-electron chi connectivity index (χ2n) is 7.87. The fourth-order valence-electron chi connectivity index (χ4n) is 3.85. The normalized spacial score (nSPS) is 11.0. The number of nitrogens with zero attached hydrogens (tertiary/aromatic N) is 6. The zero-order valence-electron chi connectivity index (χ0n) is 20.5. The summed E-state index contributed by atoms with van der Waals surface area (Å²) in [4.78, 5) is 9.19. The van der Waals surface area contributed by atoms with Crippen molar-refractivity contribution >= 4 is 0 Å². The van der Waals surface area contributed by atoms with Crippen LogP contribution in [0.1, 0.15) is 17.1 Å². The van der Waals surface area contributed by atoms with E-state index >= 15 is 0 Å². The molecular formula is C25H24N6O5. The zero-order chi connectivity index (χ0) is 25.2. The summed E-state index contributed by atoms with van der Waals surface area (Å²) in [6.45, 7) is 4.09. The Bertz CT molecular complexity index is 1520. The molecule has 11 nitrogen and oxygen atoms in total. The Labute approximate surface area is 206 Å². The molecule has 11 heteroatoms. The molecule has 0 fully saturated rings. The summed E-state index contributed by atoms with van der Waals surface area (Å²) in [5.74, 6) is 3.52. The van der Waals surface area contributed by atoms with E-state index < -0.39 is 0 Å². The maximum absolute atomic E-state index is 5.92. The van der Waals surface area contributed by atoms with Crippen molar-refractivity contribution in [2.75, 3.05) is 21.3 Å². The number of methoxy groups -OCH3 is 3. The van der Waals surface area contributed by atoms with Gasteiger partial charge in [0, 0.05) is 0 Å². The number of aryl methyl sites for hydroxylation is 1. The predicted octanol–water partition coefficient (Wildman–Crippen LogP) is 4.34. The van der Waals surface area contributed by atoms with Crippen LogP contribution in [0.5, 0.6) is 17.2 Å². The van der Waals surface area contributed by atoms with Crippen molar-refractivity contribution in [1.29, 1.82) is 0 Å². The van der Waals surface area contributed by atoms with Gasteiger partial charge in [0.2, 0.25) is 11.7 Å². The standard InChI is InChI=1S/C25H24N6O5/c1-14-21(25-27-23(29-36-25)17-10-8-12-20(33-4)22(17)34-5)28-30-31(14)13-18-15(2)35-24(26-18)16-9-6-7-11-19(16)32-3/h6-12H,13H2,1-5H3. The van der Waals surface area contributed by atoms with Crippen molar-refractivity contribution < 1.29 is 23.2 Å². The zero-order valence-corrected chi connectivity index (χ0v) is 20.5. The largest absolute Gasteiger partial charge is 0.496 e. The summed E-state index contributed by atoms with van der Waals surface area (Å²) >= 11 is 0. The molecule has 0 saturated heterocycles. The van der Waals surface area contributed by atoms with Crippen molar-refractivity contribution in [3.63, 3.8) is 0 Å². The Balaban J connectivity index is 1.42. The lowest BCUT2D eigenvalue weighted by Gasteiger charge is -2.09. The van der Waals surface area contributed by atoms with Crippen LogP contribution in [0.3, 0.4) is 0 Å². The summed E-state index contributed by atoms with van der Waals surface area (Å²) in [5.41, 5.74) is 3.35. The van der Waals surface area contributed by atoms with E-state index in [0.29, 0.717) is 52.5 Å². The molecule has 5 rings (SSSR count). The third kappa shape index (κ3) is 4.04. The minimum absolute atomic E-state index is 0.241. The number of hydrogen-bond acceptors (Lipinski definition) is 10. The molecule has 3 aromatic heterocycles. The highest BCUT2D eigenvalue weighted by Crippen LogP contribution is 2.37. The average molecular weight is 489 g/mol. The maximum atomic E-state index is 5.92. The van der Waals surface area contributed by atoms with Crippen LogP contribution in [0.15, 0.2) is 51.4 Å². The van der Waals surface area contributed by atoms with Gasteiger partial charge in [0.25, 0.3) is 5.89 Å². The molecule has 0 N–H and O–H groups in total. The van der Waals surface area contributed by atoms with Gasteiger partial charge >= 0.3 is 0 Å². The molecule has 0 amide bonds. The van der Waals surface area contributed by atoms with Crippen LogP contribution in [-0.4, -0.2) is 51.4 Å². The molecule has 36 heavy (non-hydrogen) atoms. The van der Waals surface area contributed by atoms with Gasteiger partial charge in [-0.05, 0) is 38.1 Å². The molecule has 0 bridgehead atoms. The number of para-hydroxylation sites is 2. The smallest absolute Gasteiger partial charge is 0.280 e. The molecular weight excluding hydrogens is 464 g/mol. The minimum Gasteiger partial charge on any atom is -0.496 e. The molecule has 0 aliphatic rings. The molecule has 0 aliphatic carbocycles. The van der Waals surface area contributed by atoms with Gasteiger partial charge in [0.15, 0.2) is 17.2 Å². The van der Waals surface area contributed by atoms with E-state index in [1.807, 2.05) is 50.2 Å². The second kappa shape index (κ2) is 9.53. The Morgan fingerprint density at radius 3 is 2.36 bits per heavy atom. The van der Waals surface area contributed by atoms with Gasteiger partial charge in [-0.25, -0.2) is 9.67 Å². The van der Waals surface area contributed by atoms with Crippen LogP contribution in [-0.2, 0) is 6.54 Å². The number of aromatic nitrogens is 6. The van der Waals surface area contributed by atoms with E-state index in [2.05, 4.69) is 25.4 Å². The average Bonchev–Trinajstić information content (AvgIpc) is 3.63. The number of benzene rings is 2. The van der Waals surface area contributed by atoms with E-state index in [1.54, 1.807) is 32.1 Å². The van der Waals surface area contributed by atoms with Crippen molar-refractivity contribution in [2.45, 2.75) is 20.4 Å². The number of ether oxygens (including phenoxy) is 3. The summed E-state index contributed by atoms with van der Waals surface area (Å²) in [6.07, 6.45) is 0.